The van der Waals surface area contributed by atoms with Gasteiger partial charge in [0.2, 0.25) is 0 Å². The van der Waals surface area contributed by atoms with E-state index in [1.54, 1.807) is 0 Å². The van der Waals surface area contributed by atoms with Gasteiger partial charge in [-0.25, -0.2) is 0 Å². The SMILES string of the molecule is OC1(Br)c2ccccc2C=CC1c1cccc2ccccc12. The van der Waals surface area contributed by atoms with Gasteiger partial charge in [0.1, 0.15) is 0 Å². The van der Waals surface area contributed by atoms with Crippen LogP contribution in [0.4, 0.5) is 0 Å². The summed E-state index contributed by atoms with van der Waals surface area (Å²) in [5.41, 5.74) is 3.09. The molecule has 0 bridgehead atoms. The van der Waals surface area contributed by atoms with Gasteiger partial charge in [-0.1, -0.05) is 78.9 Å². The van der Waals surface area contributed by atoms with Crippen molar-refractivity contribution >= 4 is 32.8 Å². The maximum absolute atomic E-state index is 11.2. The Morgan fingerprint density at radius 3 is 2.50 bits per heavy atom. The Kier molecular flexibility index (Phi) is 3.17. The lowest BCUT2D eigenvalue weighted by Crippen LogP contribution is -2.28. The van der Waals surface area contributed by atoms with Crippen molar-refractivity contribution < 1.29 is 5.11 Å². The Labute approximate surface area is 138 Å². The van der Waals surface area contributed by atoms with Crippen LogP contribution in [0.2, 0.25) is 0 Å². The highest BCUT2D eigenvalue weighted by Gasteiger charge is 2.39. The van der Waals surface area contributed by atoms with E-state index >= 15 is 0 Å². The topological polar surface area (TPSA) is 20.2 Å². The van der Waals surface area contributed by atoms with E-state index in [2.05, 4.69) is 58.4 Å². The summed E-state index contributed by atoms with van der Waals surface area (Å²) in [6.45, 7) is 0. The standard InChI is InChI=1S/C20H15BrO/c21-20(22)18-11-4-2-7-15(18)12-13-19(20)17-10-5-8-14-6-1-3-9-16(14)17/h1-13,19,22H. The smallest absolute Gasteiger partial charge is 0.155 e. The Balaban J connectivity index is 1.94. The highest BCUT2D eigenvalue weighted by atomic mass is 79.9. The fourth-order valence-corrected chi connectivity index (χ4v) is 4.05. The summed E-state index contributed by atoms with van der Waals surface area (Å²) in [5, 5.41) is 13.5. The summed E-state index contributed by atoms with van der Waals surface area (Å²) >= 11 is 3.58. The molecule has 0 heterocycles. The van der Waals surface area contributed by atoms with E-state index in [1.165, 1.54) is 10.8 Å². The molecule has 0 amide bonds. The summed E-state index contributed by atoms with van der Waals surface area (Å²) in [7, 11) is 0. The molecule has 4 rings (SSSR count). The van der Waals surface area contributed by atoms with E-state index in [1.807, 2.05) is 36.4 Å². The molecule has 1 aliphatic carbocycles. The number of hydrogen-bond donors (Lipinski definition) is 1. The molecule has 108 valence electrons. The zero-order valence-corrected chi connectivity index (χ0v) is 13.5. The van der Waals surface area contributed by atoms with E-state index < -0.39 is 4.51 Å². The number of halogens is 1. The average Bonchev–Trinajstić information content (AvgIpc) is 2.55. The molecular weight excluding hydrogens is 336 g/mol. The first kappa shape index (κ1) is 13.7. The van der Waals surface area contributed by atoms with Crippen molar-refractivity contribution in [3.05, 3.63) is 89.5 Å². The molecular formula is C20H15BrO. The lowest BCUT2D eigenvalue weighted by Gasteiger charge is -2.34. The molecule has 0 saturated carbocycles. The molecule has 1 aliphatic rings. The van der Waals surface area contributed by atoms with Gasteiger partial charge in [0, 0.05) is 11.5 Å². The molecule has 0 fully saturated rings. The van der Waals surface area contributed by atoms with Crippen LogP contribution in [0, 0.1) is 0 Å². The minimum absolute atomic E-state index is 0.131. The van der Waals surface area contributed by atoms with Crippen molar-refractivity contribution in [3.8, 4) is 0 Å². The maximum Gasteiger partial charge on any atom is 0.155 e. The predicted molar refractivity (Wildman–Crippen MR) is 95.0 cm³/mol. The zero-order valence-electron chi connectivity index (χ0n) is 11.9. The second kappa shape index (κ2) is 5.08. The third kappa shape index (κ3) is 2.03. The maximum atomic E-state index is 11.2. The van der Waals surface area contributed by atoms with Crippen LogP contribution >= 0.6 is 15.9 Å². The highest BCUT2D eigenvalue weighted by Crippen LogP contribution is 2.48. The molecule has 22 heavy (non-hydrogen) atoms. The van der Waals surface area contributed by atoms with Crippen molar-refractivity contribution in [2.75, 3.05) is 0 Å². The minimum Gasteiger partial charge on any atom is -0.374 e. The monoisotopic (exact) mass is 350 g/mol. The summed E-state index contributed by atoms with van der Waals surface area (Å²) in [6, 6.07) is 22.5. The normalized spacial score (nSPS) is 23.5. The van der Waals surface area contributed by atoms with Gasteiger partial charge in [-0.15, -0.1) is 0 Å². The molecule has 2 heteroatoms. The first-order chi connectivity index (χ1) is 10.7. The molecule has 2 atom stereocenters. The van der Waals surface area contributed by atoms with Crippen molar-refractivity contribution in [3.63, 3.8) is 0 Å². The number of rotatable bonds is 1. The number of aliphatic hydroxyl groups is 1. The molecule has 0 radical (unpaired) electrons. The Bertz CT molecular complexity index is 874. The van der Waals surface area contributed by atoms with Gasteiger partial charge < -0.3 is 5.11 Å². The number of benzene rings is 3. The molecule has 0 aliphatic heterocycles. The van der Waals surface area contributed by atoms with Gasteiger partial charge in [-0.2, -0.15) is 0 Å². The van der Waals surface area contributed by atoms with Crippen LogP contribution in [0.15, 0.2) is 72.8 Å². The second-order valence-corrected chi connectivity index (χ2v) is 6.87. The van der Waals surface area contributed by atoms with Crippen molar-refractivity contribution in [2.45, 2.75) is 10.4 Å². The van der Waals surface area contributed by atoms with Crippen LogP contribution in [0.5, 0.6) is 0 Å². The quantitative estimate of drug-likeness (QED) is 0.598. The number of alkyl halides is 1. The first-order valence-electron chi connectivity index (χ1n) is 7.34. The molecule has 2 unspecified atom stereocenters. The van der Waals surface area contributed by atoms with Crippen molar-refractivity contribution in [1.29, 1.82) is 0 Å². The zero-order chi connectivity index (χ0) is 15.2. The van der Waals surface area contributed by atoms with Crippen LogP contribution in [0.1, 0.15) is 22.6 Å². The molecule has 1 nitrogen and oxygen atoms in total. The molecule has 1 N–H and O–H groups in total. The third-order valence-electron chi connectivity index (χ3n) is 4.38. The van der Waals surface area contributed by atoms with E-state index in [0.29, 0.717) is 0 Å². The minimum atomic E-state index is -1.09. The molecule has 0 aromatic heterocycles. The Morgan fingerprint density at radius 2 is 1.59 bits per heavy atom. The van der Waals surface area contributed by atoms with E-state index in [9.17, 15) is 5.11 Å². The van der Waals surface area contributed by atoms with Crippen molar-refractivity contribution in [2.24, 2.45) is 0 Å². The summed E-state index contributed by atoms with van der Waals surface area (Å²) in [5.74, 6) is -0.131. The summed E-state index contributed by atoms with van der Waals surface area (Å²) in [6.07, 6.45) is 4.18. The van der Waals surface area contributed by atoms with Crippen LogP contribution in [0.25, 0.3) is 16.8 Å². The average molecular weight is 351 g/mol. The van der Waals surface area contributed by atoms with Gasteiger partial charge in [0.15, 0.2) is 4.51 Å². The number of hydrogen-bond acceptors (Lipinski definition) is 1. The highest BCUT2D eigenvalue weighted by molar-refractivity contribution is 9.09. The molecule has 3 aromatic carbocycles. The van der Waals surface area contributed by atoms with Gasteiger partial charge >= 0.3 is 0 Å². The molecule has 0 spiro atoms. The number of fused-ring (bicyclic) bond motifs is 2. The lowest BCUT2D eigenvalue weighted by atomic mass is 9.81. The lowest BCUT2D eigenvalue weighted by molar-refractivity contribution is 0.128. The fourth-order valence-electron chi connectivity index (χ4n) is 3.29. The Morgan fingerprint density at radius 1 is 0.864 bits per heavy atom. The van der Waals surface area contributed by atoms with Crippen LogP contribution in [-0.2, 0) is 4.51 Å². The fraction of sp³-hybridized carbons (Fsp3) is 0.100. The van der Waals surface area contributed by atoms with Crippen LogP contribution in [0.3, 0.4) is 0 Å². The van der Waals surface area contributed by atoms with E-state index in [0.717, 1.165) is 16.7 Å². The first-order valence-corrected chi connectivity index (χ1v) is 8.14. The van der Waals surface area contributed by atoms with Crippen molar-refractivity contribution in [1.82, 2.24) is 0 Å². The van der Waals surface area contributed by atoms with Crippen LogP contribution in [-0.4, -0.2) is 5.11 Å². The van der Waals surface area contributed by atoms with Gasteiger partial charge in [0.25, 0.3) is 0 Å². The van der Waals surface area contributed by atoms with E-state index in [-0.39, 0.29) is 5.92 Å². The second-order valence-electron chi connectivity index (χ2n) is 5.67. The van der Waals surface area contributed by atoms with Gasteiger partial charge in [-0.3, -0.25) is 0 Å². The largest absolute Gasteiger partial charge is 0.374 e. The predicted octanol–water partition coefficient (Wildman–Crippen LogP) is 5.19. The molecule has 0 saturated heterocycles. The summed E-state index contributed by atoms with van der Waals surface area (Å²) < 4.78 is -1.09. The third-order valence-corrected chi connectivity index (χ3v) is 5.30. The van der Waals surface area contributed by atoms with Gasteiger partial charge in [0.05, 0.1) is 0 Å². The van der Waals surface area contributed by atoms with Crippen LogP contribution < -0.4 is 0 Å². The Hall–Kier alpha value is -1.90. The van der Waals surface area contributed by atoms with E-state index in [4.69, 9.17) is 0 Å². The molecule has 3 aromatic rings. The summed E-state index contributed by atoms with van der Waals surface area (Å²) in [4.78, 5) is 0. The van der Waals surface area contributed by atoms with Gasteiger partial charge in [-0.05, 0) is 37.8 Å².